The van der Waals surface area contributed by atoms with Crippen molar-refractivity contribution in [3.8, 4) is 0 Å². The summed E-state index contributed by atoms with van der Waals surface area (Å²) in [6.07, 6.45) is 1.15. The summed E-state index contributed by atoms with van der Waals surface area (Å²) in [4.78, 5) is 18.5. The molecule has 1 heterocycles. The molecule has 0 saturated heterocycles. The van der Waals surface area contributed by atoms with Crippen molar-refractivity contribution >= 4 is 11.8 Å². The first-order chi connectivity index (χ1) is 5.25. The van der Waals surface area contributed by atoms with E-state index in [4.69, 9.17) is 10.6 Å². The van der Waals surface area contributed by atoms with E-state index in [0.29, 0.717) is 0 Å². The van der Waals surface area contributed by atoms with Crippen LogP contribution in [0.15, 0.2) is 11.4 Å². The van der Waals surface area contributed by atoms with Crippen molar-refractivity contribution in [3.05, 3.63) is 22.5 Å². The molecule has 0 aliphatic rings. The van der Waals surface area contributed by atoms with Crippen LogP contribution < -0.4 is 0 Å². The third-order valence-electron chi connectivity index (χ3n) is 0.967. The highest BCUT2D eigenvalue weighted by atomic mass is 16.4. The molecular weight excluding hydrogens is 150 g/mol. The number of aromatic amines is 1. The molecule has 0 amide bonds. The highest BCUT2D eigenvalue weighted by Gasteiger charge is 2.10. The largest absolute Gasteiger partial charge is 0.476 e. The van der Waals surface area contributed by atoms with Crippen molar-refractivity contribution in [2.24, 2.45) is 5.11 Å². The van der Waals surface area contributed by atoms with Gasteiger partial charge in [0.1, 0.15) is 5.82 Å². The van der Waals surface area contributed by atoms with Crippen molar-refractivity contribution in [2.45, 2.75) is 0 Å². The van der Waals surface area contributed by atoms with Crippen LogP contribution in [0.3, 0.4) is 0 Å². The molecule has 56 valence electrons. The van der Waals surface area contributed by atoms with Crippen LogP contribution in [-0.4, -0.2) is 21.0 Å². The molecule has 0 spiro atoms. The monoisotopic (exact) mass is 153 g/mol. The summed E-state index contributed by atoms with van der Waals surface area (Å²) in [6, 6.07) is 0. The Balaban J connectivity index is 3.15. The summed E-state index contributed by atoms with van der Waals surface area (Å²) in [5.41, 5.74) is 7.69. The molecule has 1 rings (SSSR count). The number of nitrogens with one attached hydrogen (secondary N) is 1. The standard InChI is InChI=1S/C4H3N5O2/c5-9-8-3-2(4(10)11)6-1-7-3/h1H,(H,6,7)(H,10,11). The number of hydrogen-bond donors (Lipinski definition) is 2. The maximum Gasteiger partial charge on any atom is 0.356 e. The molecule has 0 fully saturated rings. The molecule has 0 bridgehead atoms. The van der Waals surface area contributed by atoms with Gasteiger partial charge in [-0.1, -0.05) is 0 Å². The molecule has 1 aromatic heterocycles. The van der Waals surface area contributed by atoms with Crippen molar-refractivity contribution in [1.29, 1.82) is 0 Å². The van der Waals surface area contributed by atoms with Gasteiger partial charge in [-0.2, -0.15) is 0 Å². The number of nitrogens with zero attached hydrogens (tertiary/aromatic N) is 4. The van der Waals surface area contributed by atoms with Crippen LogP contribution in [0.25, 0.3) is 10.4 Å². The summed E-state index contributed by atoms with van der Waals surface area (Å²) in [5.74, 6) is -1.31. The lowest BCUT2D eigenvalue weighted by atomic mass is 10.4. The zero-order chi connectivity index (χ0) is 8.27. The fourth-order valence-corrected chi connectivity index (χ4v) is 0.565. The van der Waals surface area contributed by atoms with Crippen molar-refractivity contribution < 1.29 is 9.90 Å². The maximum atomic E-state index is 10.3. The second-order valence-corrected chi connectivity index (χ2v) is 1.59. The van der Waals surface area contributed by atoms with Crippen LogP contribution in [-0.2, 0) is 0 Å². The van der Waals surface area contributed by atoms with Crippen molar-refractivity contribution in [3.63, 3.8) is 0 Å². The number of hydrogen-bond acceptors (Lipinski definition) is 3. The molecular formula is C4H3N5O2. The Bertz CT molecular complexity index is 306. The molecule has 0 aliphatic heterocycles. The van der Waals surface area contributed by atoms with Gasteiger partial charge in [-0.15, -0.1) is 0 Å². The van der Waals surface area contributed by atoms with Gasteiger partial charge in [0.15, 0.2) is 5.69 Å². The van der Waals surface area contributed by atoms with E-state index in [-0.39, 0.29) is 11.5 Å². The topological polar surface area (TPSA) is 115 Å². The second kappa shape index (κ2) is 2.72. The van der Waals surface area contributed by atoms with Crippen molar-refractivity contribution in [1.82, 2.24) is 9.97 Å². The smallest absolute Gasteiger partial charge is 0.356 e. The van der Waals surface area contributed by atoms with E-state index < -0.39 is 5.97 Å². The van der Waals surface area contributed by atoms with Crippen LogP contribution in [0.5, 0.6) is 0 Å². The number of H-pyrrole nitrogens is 1. The first-order valence-electron chi connectivity index (χ1n) is 2.57. The second-order valence-electron chi connectivity index (χ2n) is 1.59. The Morgan fingerprint density at radius 1 is 1.91 bits per heavy atom. The molecule has 0 radical (unpaired) electrons. The quantitative estimate of drug-likeness (QED) is 0.375. The van der Waals surface area contributed by atoms with Crippen LogP contribution >= 0.6 is 0 Å². The summed E-state index contributed by atoms with van der Waals surface area (Å²) in [6.45, 7) is 0. The Morgan fingerprint density at radius 2 is 2.64 bits per heavy atom. The van der Waals surface area contributed by atoms with Gasteiger partial charge >= 0.3 is 5.97 Å². The number of carboxylic acids is 1. The molecule has 1 aromatic rings. The van der Waals surface area contributed by atoms with E-state index >= 15 is 0 Å². The first-order valence-corrected chi connectivity index (χ1v) is 2.57. The highest BCUT2D eigenvalue weighted by Crippen LogP contribution is 2.12. The molecule has 0 aliphatic carbocycles. The summed E-state index contributed by atoms with van der Waals surface area (Å²) >= 11 is 0. The third kappa shape index (κ3) is 1.28. The minimum absolute atomic E-state index is 0.0833. The summed E-state index contributed by atoms with van der Waals surface area (Å²) < 4.78 is 0. The lowest BCUT2D eigenvalue weighted by molar-refractivity contribution is 0.0692. The zero-order valence-electron chi connectivity index (χ0n) is 5.22. The van der Waals surface area contributed by atoms with Gasteiger partial charge in [-0.05, 0) is 10.6 Å². The maximum absolute atomic E-state index is 10.3. The van der Waals surface area contributed by atoms with Crippen LogP contribution in [0.4, 0.5) is 5.82 Å². The molecule has 0 atom stereocenters. The molecule has 7 heteroatoms. The number of aromatic nitrogens is 2. The lowest BCUT2D eigenvalue weighted by Crippen LogP contribution is -1.95. The molecule has 11 heavy (non-hydrogen) atoms. The number of imidazole rings is 1. The van der Waals surface area contributed by atoms with E-state index in [1.807, 2.05) is 0 Å². The van der Waals surface area contributed by atoms with Crippen LogP contribution in [0.1, 0.15) is 10.5 Å². The van der Waals surface area contributed by atoms with Gasteiger partial charge in [0, 0.05) is 4.91 Å². The summed E-state index contributed by atoms with van der Waals surface area (Å²) in [5, 5.41) is 11.5. The van der Waals surface area contributed by atoms with Gasteiger partial charge in [-0.25, -0.2) is 9.78 Å². The molecule has 0 aromatic carbocycles. The van der Waals surface area contributed by atoms with E-state index in [1.165, 1.54) is 0 Å². The number of carbonyl (C=O) groups is 1. The molecule has 7 nitrogen and oxygen atoms in total. The molecule has 2 N–H and O–H groups in total. The van der Waals surface area contributed by atoms with Gasteiger partial charge in [0.25, 0.3) is 0 Å². The molecule has 0 unspecified atom stereocenters. The number of aromatic carboxylic acids is 1. The zero-order valence-corrected chi connectivity index (χ0v) is 5.22. The first kappa shape index (κ1) is 7.10. The van der Waals surface area contributed by atoms with Gasteiger partial charge in [0.2, 0.25) is 0 Å². The fourth-order valence-electron chi connectivity index (χ4n) is 0.565. The Morgan fingerprint density at radius 3 is 3.18 bits per heavy atom. The third-order valence-corrected chi connectivity index (χ3v) is 0.967. The average Bonchev–Trinajstić information content (AvgIpc) is 2.36. The van der Waals surface area contributed by atoms with E-state index in [1.54, 1.807) is 0 Å². The van der Waals surface area contributed by atoms with Gasteiger partial charge < -0.3 is 10.1 Å². The minimum atomic E-state index is -1.23. The Hall–Kier alpha value is -2.01. The fraction of sp³-hybridized carbons (Fsp3) is 0. The number of azide groups is 1. The summed E-state index contributed by atoms with van der Waals surface area (Å²) in [7, 11) is 0. The average molecular weight is 153 g/mol. The minimum Gasteiger partial charge on any atom is -0.476 e. The predicted molar refractivity (Wildman–Crippen MR) is 34.4 cm³/mol. The van der Waals surface area contributed by atoms with E-state index in [0.717, 1.165) is 6.33 Å². The van der Waals surface area contributed by atoms with Crippen LogP contribution in [0.2, 0.25) is 0 Å². The van der Waals surface area contributed by atoms with Crippen molar-refractivity contribution in [2.75, 3.05) is 0 Å². The van der Waals surface area contributed by atoms with Gasteiger partial charge in [-0.3, -0.25) is 0 Å². The normalized spacial score (nSPS) is 8.73. The van der Waals surface area contributed by atoms with E-state index in [9.17, 15) is 4.79 Å². The van der Waals surface area contributed by atoms with E-state index in [2.05, 4.69) is 20.0 Å². The highest BCUT2D eigenvalue weighted by molar-refractivity contribution is 5.90. The van der Waals surface area contributed by atoms with Gasteiger partial charge in [0.05, 0.1) is 6.33 Å². The Kier molecular flexibility index (Phi) is 1.75. The SMILES string of the molecule is [N-]=[N+]=Nc1[nH]cnc1C(=O)O. The molecule has 0 saturated carbocycles. The number of rotatable bonds is 2. The number of carboxylic acid groups (broad SMARTS) is 1. The lowest BCUT2D eigenvalue weighted by Gasteiger charge is -1.85. The Labute approximate surface area is 60.3 Å². The predicted octanol–water partition coefficient (Wildman–Crippen LogP) is 1.05. The van der Waals surface area contributed by atoms with Crippen LogP contribution in [0, 0.1) is 0 Å².